The van der Waals surface area contributed by atoms with Crippen LogP contribution in [0.5, 0.6) is 0 Å². The average Bonchev–Trinajstić information content (AvgIpc) is 3.03. The SMILES string of the molecule is O=C(NCC1(c2c(F)cccc2F)CCCC1)c1ccccc1. The van der Waals surface area contributed by atoms with Crippen molar-refractivity contribution in [3.63, 3.8) is 0 Å². The summed E-state index contributed by atoms with van der Waals surface area (Å²) in [5.74, 6) is -1.27. The van der Waals surface area contributed by atoms with Crippen molar-refractivity contribution in [2.45, 2.75) is 31.1 Å². The van der Waals surface area contributed by atoms with Gasteiger partial charge in [0.05, 0.1) is 0 Å². The second-order valence-electron chi connectivity index (χ2n) is 6.13. The number of halogens is 2. The molecular weight excluding hydrogens is 296 g/mol. The highest BCUT2D eigenvalue weighted by atomic mass is 19.1. The molecule has 1 saturated carbocycles. The van der Waals surface area contributed by atoms with E-state index in [9.17, 15) is 13.6 Å². The second kappa shape index (κ2) is 6.49. The lowest BCUT2D eigenvalue weighted by Crippen LogP contribution is -2.40. The van der Waals surface area contributed by atoms with Crippen molar-refractivity contribution >= 4 is 5.91 Å². The molecule has 4 heteroatoms. The molecule has 0 unspecified atom stereocenters. The first-order chi connectivity index (χ1) is 11.1. The standard InChI is InChI=1S/C19H19F2NO/c20-15-9-6-10-16(21)17(15)19(11-4-5-12-19)13-22-18(23)14-7-2-1-3-8-14/h1-3,6-10H,4-5,11-13H2,(H,22,23). The van der Waals surface area contributed by atoms with Gasteiger partial charge >= 0.3 is 0 Å². The fourth-order valence-corrected chi connectivity index (χ4v) is 3.51. The van der Waals surface area contributed by atoms with Gasteiger partial charge < -0.3 is 5.32 Å². The van der Waals surface area contributed by atoms with Crippen LogP contribution in [0.15, 0.2) is 48.5 Å². The lowest BCUT2D eigenvalue weighted by atomic mass is 9.78. The molecule has 2 aromatic carbocycles. The van der Waals surface area contributed by atoms with Gasteiger partial charge in [-0.2, -0.15) is 0 Å². The summed E-state index contributed by atoms with van der Waals surface area (Å²) in [5, 5.41) is 2.86. The van der Waals surface area contributed by atoms with E-state index in [1.54, 1.807) is 24.3 Å². The lowest BCUT2D eigenvalue weighted by Gasteiger charge is -2.30. The van der Waals surface area contributed by atoms with Crippen LogP contribution in [0.25, 0.3) is 0 Å². The van der Waals surface area contributed by atoms with E-state index in [4.69, 9.17) is 0 Å². The number of benzene rings is 2. The van der Waals surface area contributed by atoms with Crippen LogP contribution in [0.2, 0.25) is 0 Å². The average molecular weight is 315 g/mol. The molecule has 2 nitrogen and oxygen atoms in total. The number of carbonyl (C=O) groups is 1. The predicted octanol–water partition coefficient (Wildman–Crippen LogP) is 4.21. The molecule has 120 valence electrons. The summed E-state index contributed by atoms with van der Waals surface area (Å²) in [6, 6.07) is 12.8. The van der Waals surface area contributed by atoms with Gasteiger partial charge in [-0.3, -0.25) is 4.79 Å². The topological polar surface area (TPSA) is 29.1 Å². The van der Waals surface area contributed by atoms with Crippen molar-refractivity contribution in [1.29, 1.82) is 0 Å². The Morgan fingerprint density at radius 2 is 1.57 bits per heavy atom. The third kappa shape index (κ3) is 3.11. The molecule has 0 aromatic heterocycles. The molecule has 3 rings (SSSR count). The van der Waals surface area contributed by atoms with Gasteiger partial charge in [0.25, 0.3) is 5.91 Å². The van der Waals surface area contributed by atoms with E-state index in [0.717, 1.165) is 12.8 Å². The predicted molar refractivity (Wildman–Crippen MR) is 85.3 cm³/mol. The number of carbonyl (C=O) groups excluding carboxylic acids is 1. The van der Waals surface area contributed by atoms with E-state index in [2.05, 4.69) is 5.32 Å². The van der Waals surface area contributed by atoms with Crippen molar-refractivity contribution in [2.24, 2.45) is 0 Å². The van der Waals surface area contributed by atoms with Gasteiger partial charge in [-0.15, -0.1) is 0 Å². The number of amides is 1. The monoisotopic (exact) mass is 315 g/mol. The number of hydrogen-bond acceptors (Lipinski definition) is 1. The van der Waals surface area contributed by atoms with Gasteiger partial charge in [-0.1, -0.05) is 37.1 Å². The van der Waals surface area contributed by atoms with Gasteiger partial charge in [0.2, 0.25) is 0 Å². The molecule has 0 radical (unpaired) electrons. The van der Waals surface area contributed by atoms with Crippen LogP contribution in [-0.4, -0.2) is 12.5 Å². The zero-order chi connectivity index (χ0) is 16.3. The molecule has 0 bridgehead atoms. The van der Waals surface area contributed by atoms with E-state index >= 15 is 0 Å². The second-order valence-corrected chi connectivity index (χ2v) is 6.13. The van der Waals surface area contributed by atoms with E-state index in [-0.39, 0.29) is 18.0 Å². The van der Waals surface area contributed by atoms with Crippen LogP contribution in [0.4, 0.5) is 8.78 Å². The van der Waals surface area contributed by atoms with E-state index in [0.29, 0.717) is 18.4 Å². The molecule has 0 saturated heterocycles. The fraction of sp³-hybridized carbons (Fsp3) is 0.316. The van der Waals surface area contributed by atoms with E-state index < -0.39 is 17.0 Å². The fourth-order valence-electron chi connectivity index (χ4n) is 3.51. The molecule has 1 amide bonds. The molecule has 1 fully saturated rings. The molecule has 2 aromatic rings. The first-order valence-electron chi connectivity index (χ1n) is 7.90. The van der Waals surface area contributed by atoms with Crippen LogP contribution in [-0.2, 0) is 5.41 Å². The smallest absolute Gasteiger partial charge is 0.251 e. The first kappa shape index (κ1) is 15.7. The van der Waals surface area contributed by atoms with Crippen molar-refractivity contribution in [3.05, 3.63) is 71.3 Å². The number of rotatable bonds is 4. The van der Waals surface area contributed by atoms with Crippen LogP contribution in [0, 0.1) is 11.6 Å². The molecule has 0 atom stereocenters. The summed E-state index contributed by atoms with van der Waals surface area (Å²) in [4.78, 5) is 12.2. The zero-order valence-corrected chi connectivity index (χ0v) is 12.8. The van der Waals surface area contributed by atoms with Crippen LogP contribution in [0.3, 0.4) is 0 Å². The van der Waals surface area contributed by atoms with Crippen molar-refractivity contribution in [1.82, 2.24) is 5.32 Å². The van der Waals surface area contributed by atoms with Gasteiger partial charge in [0.1, 0.15) is 11.6 Å². The molecule has 0 spiro atoms. The van der Waals surface area contributed by atoms with Gasteiger partial charge in [-0.05, 0) is 37.1 Å². The Balaban J connectivity index is 1.84. The third-order valence-corrected chi connectivity index (χ3v) is 4.68. The maximum atomic E-state index is 14.2. The summed E-state index contributed by atoms with van der Waals surface area (Å²) in [5.41, 5.74) is 0.0142. The largest absolute Gasteiger partial charge is 0.351 e. The minimum atomic E-state index is -0.653. The molecular formula is C19H19F2NO. The van der Waals surface area contributed by atoms with Crippen LogP contribution in [0.1, 0.15) is 41.6 Å². The summed E-state index contributed by atoms with van der Waals surface area (Å²) >= 11 is 0. The van der Waals surface area contributed by atoms with Gasteiger partial charge in [-0.25, -0.2) is 8.78 Å². The Labute approximate surface area is 134 Å². The normalized spacial score (nSPS) is 16.3. The van der Waals surface area contributed by atoms with Gasteiger partial charge in [0, 0.05) is 23.1 Å². The Kier molecular flexibility index (Phi) is 4.42. The minimum Gasteiger partial charge on any atom is -0.351 e. The number of nitrogens with one attached hydrogen (secondary N) is 1. The highest BCUT2D eigenvalue weighted by molar-refractivity contribution is 5.94. The Bertz CT molecular complexity index is 674. The van der Waals surface area contributed by atoms with E-state index in [1.165, 1.54) is 18.2 Å². The van der Waals surface area contributed by atoms with Crippen molar-refractivity contribution < 1.29 is 13.6 Å². The zero-order valence-electron chi connectivity index (χ0n) is 12.8. The Hall–Kier alpha value is -2.23. The van der Waals surface area contributed by atoms with Crippen molar-refractivity contribution in [3.8, 4) is 0 Å². The quantitative estimate of drug-likeness (QED) is 0.900. The lowest BCUT2D eigenvalue weighted by molar-refractivity contribution is 0.0942. The molecule has 1 aliphatic carbocycles. The highest BCUT2D eigenvalue weighted by Gasteiger charge is 2.40. The van der Waals surface area contributed by atoms with Crippen LogP contribution >= 0.6 is 0 Å². The van der Waals surface area contributed by atoms with Crippen molar-refractivity contribution in [2.75, 3.05) is 6.54 Å². The Morgan fingerprint density at radius 3 is 2.17 bits per heavy atom. The maximum absolute atomic E-state index is 14.2. The van der Waals surface area contributed by atoms with Gasteiger partial charge in [0.15, 0.2) is 0 Å². The molecule has 0 aliphatic heterocycles. The minimum absolute atomic E-state index is 0.117. The Morgan fingerprint density at radius 1 is 0.957 bits per heavy atom. The molecule has 23 heavy (non-hydrogen) atoms. The molecule has 1 aliphatic rings. The van der Waals surface area contributed by atoms with Crippen LogP contribution < -0.4 is 5.32 Å². The summed E-state index contributed by atoms with van der Waals surface area (Å²) in [6.45, 7) is 0.249. The molecule has 1 N–H and O–H groups in total. The number of hydrogen-bond donors (Lipinski definition) is 1. The third-order valence-electron chi connectivity index (χ3n) is 4.68. The summed E-state index contributed by atoms with van der Waals surface area (Å²) < 4.78 is 28.5. The summed E-state index contributed by atoms with van der Waals surface area (Å²) in [6.07, 6.45) is 3.18. The summed E-state index contributed by atoms with van der Waals surface area (Å²) in [7, 11) is 0. The molecule has 0 heterocycles. The highest BCUT2D eigenvalue weighted by Crippen LogP contribution is 2.42. The van der Waals surface area contributed by atoms with E-state index in [1.807, 2.05) is 6.07 Å². The first-order valence-corrected chi connectivity index (χ1v) is 7.90. The maximum Gasteiger partial charge on any atom is 0.251 e.